The lowest BCUT2D eigenvalue weighted by Crippen LogP contribution is -2.11. The molecule has 0 bridgehead atoms. The average Bonchev–Trinajstić information content (AvgIpc) is 2.55. The first-order chi connectivity index (χ1) is 10.4. The van der Waals surface area contributed by atoms with Gasteiger partial charge in [-0.2, -0.15) is 0 Å². The number of hydrogen-bond acceptors (Lipinski definition) is 2. The molecule has 21 heavy (non-hydrogen) atoms. The molecule has 2 rings (SSSR count). The van der Waals surface area contributed by atoms with Gasteiger partial charge in [-0.05, 0) is 54.8 Å². The van der Waals surface area contributed by atoms with Gasteiger partial charge in [0.25, 0.3) is 0 Å². The van der Waals surface area contributed by atoms with Crippen molar-refractivity contribution in [2.24, 2.45) is 0 Å². The molecule has 112 valence electrons. The summed E-state index contributed by atoms with van der Waals surface area (Å²) in [5, 5.41) is 3.35. The second-order valence-corrected chi connectivity index (χ2v) is 6.38. The minimum absolute atomic E-state index is 0.971. The van der Waals surface area contributed by atoms with Crippen LogP contribution in [0.3, 0.4) is 0 Å². The van der Waals surface area contributed by atoms with Gasteiger partial charge in [0.15, 0.2) is 0 Å². The molecule has 2 aromatic carbocycles. The highest BCUT2D eigenvalue weighted by atomic mass is 32.2. The number of hydrogen-bond donors (Lipinski definition) is 1. The Labute approximate surface area is 133 Å². The standard InChI is InChI=1S/C19H25NS/c1-2-20-16-18-11-13-19(14-12-18)21-15-7-6-10-17-8-4-3-5-9-17/h3-5,8-9,11-14,20H,2,6-7,10,15-16H2,1H3. The molecule has 0 aromatic heterocycles. The summed E-state index contributed by atoms with van der Waals surface area (Å²) in [5.74, 6) is 1.21. The Morgan fingerprint density at radius 1 is 0.857 bits per heavy atom. The van der Waals surface area contributed by atoms with Gasteiger partial charge in [-0.25, -0.2) is 0 Å². The maximum absolute atomic E-state index is 3.35. The first-order valence-electron chi connectivity index (χ1n) is 7.85. The van der Waals surface area contributed by atoms with E-state index in [0.29, 0.717) is 0 Å². The fraction of sp³-hybridized carbons (Fsp3) is 0.368. The van der Waals surface area contributed by atoms with Crippen LogP contribution in [-0.2, 0) is 13.0 Å². The maximum Gasteiger partial charge on any atom is 0.0205 e. The third-order valence-electron chi connectivity index (χ3n) is 3.47. The third kappa shape index (κ3) is 6.36. The predicted octanol–water partition coefficient (Wildman–Crippen LogP) is 4.91. The molecule has 0 amide bonds. The Hall–Kier alpha value is -1.25. The van der Waals surface area contributed by atoms with Crippen LogP contribution in [0.2, 0.25) is 0 Å². The summed E-state index contributed by atoms with van der Waals surface area (Å²) in [6.07, 6.45) is 3.75. The summed E-state index contributed by atoms with van der Waals surface area (Å²) in [5.41, 5.74) is 2.82. The SMILES string of the molecule is CCNCc1ccc(SCCCCc2ccccc2)cc1. The zero-order chi connectivity index (χ0) is 14.8. The van der Waals surface area contributed by atoms with Gasteiger partial charge in [-0.1, -0.05) is 49.4 Å². The average molecular weight is 299 g/mol. The first kappa shape index (κ1) is 16.1. The smallest absolute Gasteiger partial charge is 0.0205 e. The molecule has 0 radical (unpaired) electrons. The molecule has 2 aromatic rings. The van der Waals surface area contributed by atoms with Crippen LogP contribution in [0, 0.1) is 0 Å². The summed E-state index contributed by atoms with van der Waals surface area (Å²) in [4.78, 5) is 1.38. The van der Waals surface area contributed by atoms with Gasteiger partial charge in [0.05, 0.1) is 0 Å². The lowest BCUT2D eigenvalue weighted by molar-refractivity contribution is 0.726. The first-order valence-corrected chi connectivity index (χ1v) is 8.83. The molecule has 1 N–H and O–H groups in total. The Morgan fingerprint density at radius 3 is 2.33 bits per heavy atom. The van der Waals surface area contributed by atoms with Crippen molar-refractivity contribution < 1.29 is 0 Å². The topological polar surface area (TPSA) is 12.0 Å². The molecule has 0 unspecified atom stereocenters. The molecule has 0 atom stereocenters. The Balaban J connectivity index is 1.62. The van der Waals surface area contributed by atoms with Crippen LogP contribution < -0.4 is 5.32 Å². The van der Waals surface area contributed by atoms with Crippen molar-refractivity contribution in [2.45, 2.75) is 37.6 Å². The largest absolute Gasteiger partial charge is 0.313 e. The number of aryl methyl sites for hydroxylation is 1. The maximum atomic E-state index is 3.35. The minimum atomic E-state index is 0.971. The van der Waals surface area contributed by atoms with Crippen molar-refractivity contribution >= 4 is 11.8 Å². The van der Waals surface area contributed by atoms with Crippen LogP contribution in [0.1, 0.15) is 30.9 Å². The minimum Gasteiger partial charge on any atom is -0.313 e. The van der Waals surface area contributed by atoms with E-state index in [1.807, 2.05) is 11.8 Å². The zero-order valence-corrected chi connectivity index (χ0v) is 13.7. The van der Waals surface area contributed by atoms with Gasteiger partial charge in [-0.3, -0.25) is 0 Å². The number of rotatable bonds is 9. The predicted molar refractivity (Wildman–Crippen MR) is 93.9 cm³/mol. The molecule has 0 aliphatic heterocycles. The van der Waals surface area contributed by atoms with Crippen molar-refractivity contribution in [3.8, 4) is 0 Å². The monoisotopic (exact) mass is 299 g/mol. The summed E-state index contributed by atoms with van der Waals surface area (Å²) < 4.78 is 0. The fourth-order valence-electron chi connectivity index (χ4n) is 2.24. The number of unbranched alkanes of at least 4 members (excludes halogenated alkanes) is 1. The third-order valence-corrected chi connectivity index (χ3v) is 4.57. The molecular formula is C19H25NS. The van der Waals surface area contributed by atoms with Crippen LogP contribution in [0.5, 0.6) is 0 Å². The van der Waals surface area contributed by atoms with Gasteiger partial charge >= 0.3 is 0 Å². The highest BCUT2D eigenvalue weighted by Gasteiger charge is 1.97. The van der Waals surface area contributed by atoms with E-state index in [1.54, 1.807) is 0 Å². The van der Waals surface area contributed by atoms with E-state index in [1.165, 1.54) is 41.0 Å². The van der Waals surface area contributed by atoms with Crippen molar-refractivity contribution in [1.29, 1.82) is 0 Å². The van der Waals surface area contributed by atoms with Gasteiger partial charge < -0.3 is 5.32 Å². The van der Waals surface area contributed by atoms with Gasteiger partial charge in [0.2, 0.25) is 0 Å². The van der Waals surface area contributed by atoms with Crippen molar-refractivity contribution in [1.82, 2.24) is 5.32 Å². The van der Waals surface area contributed by atoms with Gasteiger partial charge in [0.1, 0.15) is 0 Å². The molecule has 0 aliphatic carbocycles. The summed E-state index contributed by atoms with van der Waals surface area (Å²) in [6, 6.07) is 19.7. The number of benzene rings is 2. The van der Waals surface area contributed by atoms with E-state index in [4.69, 9.17) is 0 Å². The fourth-order valence-corrected chi connectivity index (χ4v) is 3.15. The van der Waals surface area contributed by atoms with Crippen molar-refractivity contribution in [3.05, 3.63) is 65.7 Å². The molecule has 0 saturated heterocycles. The molecule has 0 heterocycles. The van der Waals surface area contributed by atoms with E-state index in [0.717, 1.165) is 13.1 Å². The van der Waals surface area contributed by atoms with Crippen LogP contribution in [0.15, 0.2) is 59.5 Å². The Bertz CT molecular complexity index is 493. The molecule has 0 saturated carbocycles. The highest BCUT2D eigenvalue weighted by Crippen LogP contribution is 2.20. The molecule has 1 nitrogen and oxygen atoms in total. The van der Waals surface area contributed by atoms with Crippen LogP contribution in [0.25, 0.3) is 0 Å². The van der Waals surface area contributed by atoms with E-state index >= 15 is 0 Å². The second-order valence-electron chi connectivity index (χ2n) is 5.22. The molecule has 0 aliphatic rings. The lowest BCUT2D eigenvalue weighted by atomic mass is 10.1. The molecule has 2 heteroatoms. The molecule has 0 spiro atoms. The summed E-state index contributed by atoms with van der Waals surface area (Å²) in [7, 11) is 0. The van der Waals surface area contributed by atoms with Crippen LogP contribution in [-0.4, -0.2) is 12.3 Å². The van der Waals surface area contributed by atoms with Gasteiger partial charge in [-0.15, -0.1) is 11.8 Å². The van der Waals surface area contributed by atoms with E-state index in [9.17, 15) is 0 Å². The zero-order valence-electron chi connectivity index (χ0n) is 12.8. The lowest BCUT2D eigenvalue weighted by Gasteiger charge is -2.05. The number of thioether (sulfide) groups is 1. The molecule has 0 fully saturated rings. The van der Waals surface area contributed by atoms with E-state index in [-0.39, 0.29) is 0 Å². The van der Waals surface area contributed by atoms with Gasteiger partial charge in [0, 0.05) is 11.4 Å². The summed E-state index contributed by atoms with van der Waals surface area (Å²) >= 11 is 1.97. The van der Waals surface area contributed by atoms with Crippen molar-refractivity contribution in [2.75, 3.05) is 12.3 Å². The number of nitrogens with one attached hydrogen (secondary N) is 1. The van der Waals surface area contributed by atoms with Crippen LogP contribution in [0.4, 0.5) is 0 Å². The molecular weight excluding hydrogens is 274 g/mol. The van der Waals surface area contributed by atoms with Crippen LogP contribution >= 0.6 is 11.8 Å². The Kier molecular flexibility index (Phi) is 7.41. The van der Waals surface area contributed by atoms with E-state index < -0.39 is 0 Å². The van der Waals surface area contributed by atoms with E-state index in [2.05, 4.69) is 66.8 Å². The normalized spacial score (nSPS) is 10.7. The van der Waals surface area contributed by atoms with Crippen molar-refractivity contribution in [3.63, 3.8) is 0 Å². The quantitative estimate of drug-likeness (QED) is 0.521. The Morgan fingerprint density at radius 2 is 1.62 bits per heavy atom. The highest BCUT2D eigenvalue weighted by molar-refractivity contribution is 7.99. The summed E-state index contributed by atoms with van der Waals surface area (Å²) in [6.45, 7) is 4.14. The second kappa shape index (κ2) is 9.64.